The van der Waals surface area contributed by atoms with Gasteiger partial charge >= 0.3 is 0 Å². The van der Waals surface area contributed by atoms with E-state index in [1.165, 1.54) is 5.56 Å². The monoisotopic (exact) mass is 501 g/mol. The highest BCUT2D eigenvalue weighted by atomic mass is 35.5. The van der Waals surface area contributed by atoms with Crippen LogP contribution in [0.3, 0.4) is 0 Å². The second-order valence-electron chi connectivity index (χ2n) is 8.08. The van der Waals surface area contributed by atoms with E-state index >= 15 is 0 Å². The number of ether oxygens (including phenoxy) is 1. The predicted molar refractivity (Wildman–Crippen MR) is 140 cm³/mol. The molecule has 0 atom stereocenters. The SMILES string of the molecule is CNC(=O)c1cccnc1Nc1ccc(Oc2ccnc(Nc3ccc4c(n3)CCNC4)c2)c(Cl)c1. The largest absolute Gasteiger partial charge is 0.456 e. The second kappa shape index (κ2) is 10.6. The van der Waals surface area contributed by atoms with Gasteiger partial charge in [-0.3, -0.25) is 4.79 Å². The first-order valence-corrected chi connectivity index (χ1v) is 11.8. The lowest BCUT2D eigenvalue weighted by Crippen LogP contribution is -2.24. The Morgan fingerprint density at radius 1 is 1.03 bits per heavy atom. The maximum atomic E-state index is 12.1. The molecule has 182 valence electrons. The lowest BCUT2D eigenvalue weighted by molar-refractivity contribution is 0.0963. The van der Waals surface area contributed by atoms with Gasteiger partial charge in [-0.2, -0.15) is 0 Å². The number of carbonyl (C=O) groups is 1. The summed E-state index contributed by atoms with van der Waals surface area (Å²) in [6.45, 7) is 1.77. The molecule has 10 heteroatoms. The molecule has 0 unspecified atom stereocenters. The third-order valence-electron chi connectivity index (χ3n) is 5.61. The summed E-state index contributed by atoms with van der Waals surface area (Å²) in [4.78, 5) is 25.5. The van der Waals surface area contributed by atoms with Crippen molar-refractivity contribution >= 4 is 40.6 Å². The van der Waals surface area contributed by atoms with Crippen LogP contribution < -0.4 is 26.0 Å². The number of rotatable bonds is 7. The number of hydrogen-bond donors (Lipinski definition) is 4. The van der Waals surface area contributed by atoms with Crippen LogP contribution in [0.2, 0.25) is 5.02 Å². The van der Waals surface area contributed by atoms with E-state index in [0.717, 1.165) is 31.0 Å². The minimum Gasteiger partial charge on any atom is -0.456 e. The van der Waals surface area contributed by atoms with Crippen LogP contribution in [0.15, 0.2) is 67.0 Å². The molecule has 0 fully saturated rings. The van der Waals surface area contributed by atoms with Gasteiger partial charge in [0, 0.05) is 56.4 Å². The second-order valence-corrected chi connectivity index (χ2v) is 8.49. The van der Waals surface area contributed by atoms with Crippen LogP contribution in [0.4, 0.5) is 23.1 Å². The maximum Gasteiger partial charge on any atom is 0.254 e. The molecular formula is C26H24ClN7O2. The summed E-state index contributed by atoms with van der Waals surface area (Å²) in [5.41, 5.74) is 3.41. The van der Waals surface area contributed by atoms with Crippen molar-refractivity contribution in [3.8, 4) is 11.5 Å². The number of aromatic nitrogens is 3. The van der Waals surface area contributed by atoms with Gasteiger partial charge in [0.25, 0.3) is 5.91 Å². The molecule has 3 aromatic heterocycles. The minimum absolute atomic E-state index is 0.235. The van der Waals surface area contributed by atoms with Gasteiger partial charge in [-0.05, 0) is 48.0 Å². The first-order chi connectivity index (χ1) is 17.6. The van der Waals surface area contributed by atoms with Gasteiger partial charge in [0.2, 0.25) is 0 Å². The zero-order chi connectivity index (χ0) is 24.9. The van der Waals surface area contributed by atoms with E-state index in [1.807, 2.05) is 6.07 Å². The Morgan fingerprint density at radius 2 is 1.94 bits per heavy atom. The van der Waals surface area contributed by atoms with Crippen LogP contribution in [0.1, 0.15) is 21.6 Å². The van der Waals surface area contributed by atoms with E-state index in [-0.39, 0.29) is 5.91 Å². The molecule has 5 rings (SSSR count). The quantitative estimate of drug-likeness (QED) is 0.285. The van der Waals surface area contributed by atoms with Crippen LogP contribution in [0.5, 0.6) is 11.5 Å². The molecule has 1 aliphatic heterocycles. The number of anilines is 4. The molecule has 9 nitrogen and oxygen atoms in total. The number of pyridine rings is 3. The smallest absolute Gasteiger partial charge is 0.254 e. The third-order valence-corrected chi connectivity index (χ3v) is 5.91. The van der Waals surface area contributed by atoms with E-state index in [9.17, 15) is 4.79 Å². The Balaban J connectivity index is 1.29. The molecule has 0 saturated heterocycles. The summed E-state index contributed by atoms with van der Waals surface area (Å²) in [5, 5.41) is 12.7. The number of nitrogens with zero attached hydrogens (tertiary/aromatic N) is 3. The fourth-order valence-corrected chi connectivity index (χ4v) is 4.05. The van der Waals surface area contributed by atoms with Crippen molar-refractivity contribution in [3.05, 3.63) is 88.8 Å². The standard InChI is InChI=1S/C26H24ClN7O2/c1-28-26(35)19-3-2-10-31-25(19)32-17-5-6-22(20(27)13-17)36-18-8-12-30-24(14-18)34-23-7-4-16-15-29-11-9-21(16)33-23/h2-8,10,12-14,29H,9,11,15H2,1H3,(H,28,35)(H,31,32)(H,30,33,34). The number of hydrogen-bond acceptors (Lipinski definition) is 8. The normalized spacial score (nSPS) is 12.4. The fraction of sp³-hybridized carbons (Fsp3) is 0.154. The first kappa shape index (κ1) is 23.5. The van der Waals surface area contributed by atoms with Crippen molar-refractivity contribution in [2.75, 3.05) is 24.2 Å². The molecule has 1 aliphatic rings. The Hall–Kier alpha value is -4.21. The molecule has 0 bridgehead atoms. The number of nitrogens with one attached hydrogen (secondary N) is 4. The average molecular weight is 502 g/mol. The van der Waals surface area contributed by atoms with Crippen molar-refractivity contribution in [3.63, 3.8) is 0 Å². The molecule has 0 spiro atoms. The fourth-order valence-electron chi connectivity index (χ4n) is 3.83. The van der Waals surface area contributed by atoms with Gasteiger partial charge in [0.1, 0.15) is 29.0 Å². The van der Waals surface area contributed by atoms with Gasteiger partial charge in [-0.25, -0.2) is 15.0 Å². The molecule has 36 heavy (non-hydrogen) atoms. The summed E-state index contributed by atoms with van der Waals surface area (Å²) in [6, 6.07) is 16.2. The lowest BCUT2D eigenvalue weighted by atomic mass is 10.1. The number of halogens is 1. The van der Waals surface area contributed by atoms with E-state index < -0.39 is 0 Å². The summed E-state index contributed by atoms with van der Waals surface area (Å²) in [6.07, 6.45) is 4.17. The van der Waals surface area contributed by atoms with Gasteiger partial charge in [-0.15, -0.1) is 0 Å². The predicted octanol–water partition coefficient (Wildman–Crippen LogP) is 4.81. The van der Waals surface area contributed by atoms with E-state index in [2.05, 4.69) is 37.3 Å². The molecule has 4 heterocycles. The van der Waals surface area contributed by atoms with Crippen molar-refractivity contribution in [1.29, 1.82) is 0 Å². The Kier molecular flexibility index (Phi) is 6.92. The van der Waals surface area contributed by atoms with Crippen molar-refractivity contribution in [1.82, 2.24) is 25.6 Å². The molecule has 0 aliphatic carbocycles. The Bertz CT molecular complexity index is 1410. The van der Waals surface area contributed by atoms with E-state index in [4.69, 9.17) is 21.3 Å². The molecular weight excluding hydrogens is 478 g/mol. The number of benzene rings is 1. The topological polar surface area (TPSA) is 113 Å². The summed E-state index contributed by atoms with van der Waals surface area (Å²) < 4.78 is 6.01. The first-order valence-electron chi connectivity index (χ1n) is 11.4. The molecule has 1 aromatic carbocycles. The highest BCUT2D eigenvalue weighted by molar-refractivity contribution is 6.32. The molecule has 4 aromatic rings. The van der Waals surface area contributed by atoms with Crippen molar-refractivity contribution in [2.24, 2.45) is 0 Å². The van der Waals surface area contributed by atoms with Gasteiger partial charge in [0.05, 0.1) is 10.6 Å². The van der Waals surface area contributed by atoms with Crippen molar-refractivity contribution < 1.29 is 9.53 Å². The molecule has 0 saturated carbocycles. The average Bonchev–Trinajstić information content (AvgIpc) is 2.90. The van der Waals surface area contributed by atoms with Gasteiger partial charge < -0.3 is 26.0 Å². The lowest BCUT2D eigenvalue weighted by Gasteiger charge is -2.17. The number of carbonyl (C=O) groups excluding carboxylic acids is 1. The molecule has 4 N–H and O–H groups in total. The van der Waals surface area contributed by atoms with Crippen LogP contribution >= 0.6 is 11.6 Å². The van der Waals surface area contributed by atoms with Gasteiger partial charge in [-0.1, -0.05) is 17.7 Å². The van der Waals surface area contributed by atoms with Gasteiger partial charge in [0.15, 0.2) is 0 Å². The molecule has 1 amide bonds. The van der Waals surface area contributed by atoms with Crippen LogP contribution in [0.25, 0.3) is 0 Å². The number of amides is 1. The summed E-state index contributed by atoms with van der Waals surface area (Å²) in [5.74, 6) is 2.59. The van der Waals surface area contributed by atoms with Crippen LogP contribution in [0, 0.1) is 0 Å². The van der Waals surface area contributed by atoms with Crippen LogP contribution in [-0.4, -0.2) is 34.5 Å². The zero-order valence-corrected chi connectivity index (χ0v) is 20.3. The Labute approximate surface area is 213 Å². The highest BCUT2D eigenvalue weighted by Gasteiger charge is 2.13. The van der Waals surface area contributed by atoms with Crippen LogP contribution in [-0.2, 0) is 13.0 Å². The summed E-state index contributed by atoms with van der Waals surface area (Å²) >= 11 is 6.50. The minimum atomic E-state index is -0.235. The summed E-state index contributed by atoms with van der Waals surface area (Å²) in [7, 11) is 1.57. The zero-order valence-electron chi connectivity index (χ0n) is 19.5. The number of fused-ring (bicyclic) bond motifs is 1. The van der Waals surface area contributed by atoms with E-state index in [1.54, 1.807) is 61.9 Å². The Morgan fingerprint density at radius 3 is 2.81 bits per heavy atom. The maximum absolute atomic E-state index is 12.1. The molecule has 0 radical (unpaired) electrons. The van der Waals surface area contributed by atoms with Crippen molar-refractivity contribution in [2.45, 2.75) is 13.0 Å². The highest BCUT2D eigenvalue weighted by Crippen LogP contribution is 2.33. The third kappa shape index (κ3) is 5.37. The van der Waals surface area contributed by atoms with E-state index in [0.29, 0.717) is 39.4 Å².